The van der Waals surface area contributed by atoms with Crippen molar-refractivity contribution in [3.63, 3.8) is 0 Å². The molecule has 0 bridgehead atoms. The zero-order valence-electron chi connectivity index (χ0n) is 5.34. The summed E-state index contributed by atoms with van der Waals surface area (Å²) in [6, 6.07) is -1.22. The van der Waals surface area contributed by atoms with Crippen LogP contribution in [0.4, 0.5) is 0 Å². The van der Waals surface area contributed by atoms with Crippen molar-refractivity contribution in [1.82, 2.24) is 0 Å². The fourth-order valence-electron chi connectivity index (χ4n) is 0.422. The van der Waals surface area contributed by atoms with E-state index in [0.717, 1.165) is 27.7 Å². The van der Waals surface area contributed by atoms with Gasteiger partial charge in [0.05, 0.1) is 0 Å². The van der Waals surface area contributed by atoms with Gasteiger partial charge in [-0.25, -0.2) is 0 Å². The summed E-state index contributed by atoms with van der Waals surface area (Å²) in [5, 5.41) is 0. The third-order valence-corrected chi connectivity index (χ3v) is 8.00. The van der Waals surface area contributed by atoms with Crippen LogP contribution >= 0.6 is 44.8 Å². The molecule has 0 saturated heterocycles. The molecule has 0 nitrogen and oxygen atoms in total. The van der Waals surface area contributed by atoms with Crippen LogP contribution in [0.1, 0.15) is 6.42 Å². The van der Waals surface area contributed by atoms with Gasteiger partial charge in [0.15, 0.2) is 0 Å². The number of hydrogen-bond donors (Lipinski definition) is 0. The third kappa shape index (κ3) is 9.59. The van der Waals surface area contributed by atoms with Crippen LogP contribution in [-0.2, 0) is 0 Å². The minimum atomic E-state index is -2.32. The van der Waals surface area contributed by atoms with Gasteiger partial charge in [-0.2, -0.15) is 0 Å². The molecule has 0 rings (SSSR count). The summed E-state index contributed by atoms with van der Waals surface area (Å²) in [7, 11) is 0.772. The first kappa shape index (κ1) is 11.6. The van der Waals surface area contributed by atoms with E-state index < -0.39 is 6.00 Å². The highest BCUT2D eigenvalue weighted by Gasteiger charge is 2.23. The van der Waals surface area contributed by atoms with Crippen molar-refractivity contribution in [2.45, 2.75) is 18.1 Å². The Kier molecular flexibility index (Phi) is 7.13. The number of rotatable bonds is 5. The Labute approximate surface area is 84.1 Å². The number of halogens is 4. The molecule has 0 aromatic rings. The van der Waals surface area contributed by atoms with Gasteiger partial charge in [-0.15, -0.1) is 44.8 Å². The number of alkyl halides is 1. The minimum Gasteiger partial charge on any atom is -0.127 e. The maximum absolute atomic E-state index is 5.66. The fraction of sp³-hybridized carbons (Fsp3) is 1.00. The van der Waals surface area contributed by atoms with E-state index in [-0.39, 0.29) is 0 Å². The highest BCUT2D eigenvalue weighted by molar-refractivity contribution is 7.65. The molecule has 0 amide bonds. The summed E-state index contributed by atoms with van der Waals surface area (Å²) in [6.07, 6.45) is 1.04. The molecule has 0 aromatic heterocycles. The Morgan fingerprint density at radius 2 is 1.80 bits per heavy atom. The average molecular weight is 254 g/mol. The second-order valence-electron chi connectivity index (χ2n) is 1.83. The molecule has 60 valence electrons. The summed E-state index contributed by atoms with van der Waals surface area (Å²) in [5.41, 5.74) is 0.786. The van der Waals surface area contributed by atoms with Gasteiger partial charge in [0, 0.05) is 15.4 Å². The topological polar surface area (TPSA) is 0 Å². The normalized spacial score (nSPS) is 12.0. The molecule has 0 aliphatic carbocycles. The standard InChI is InChI=1S/C4H8Cl4Si2/c5-2-1-3-9-4-10(6,7)8/h1-4H2. The van der Waals surface area contributed by atoms with Crippen LogP contribution in [0, 0.1) is 0 Å². The van der Waals surface area contributed by atoms with Gasteiger partial charge in [-0.05, 0) is 12.1 Å². The summed E-state index contributed by atoms with van der Waals surface area (Å²) in [4.78, 5) is 0. The molecule has 0 aliphatic rings. The van der Waals surface area contributed by atoms with Crippen molar-refractivity contribution >= 4 is 60.4 Å². The van der Waals surface area contributed by atoms with Crippen molar-refractivity contribution in [1.29, 1.82) is 0 Å². The predicted octanol–water partition coefficient (Wildman–Crippen LogP) is 3.35. The van der Waals surface area contributed by atoms with Crippen molar-refractivity contribution < 1.29 is 0 Å². The molecular weight excluding hydrogens is 246 g/mol. The van der Waals surface area contributed by atoms with E-state index in [4.69, 9.17) is 44.8 Å². The zero-order valence-corrected chi connectivity index (χ0v) is 10.4. The second kappa shape index (κ2) is 6.15. The molecule has 0 heterocycles. The molecule has 0 saturated carbocycles. The van der Waals surface area contributed by atoms with Crippen molar-refractivity contribution in [2.75, 3.05) is 5.88 Å². The van der Waals surface area contributed by atoms with Crippen molar-refractivity contribution in [2.24, 2.45) is 0 Å². The molecule has 0 fully saturated rings. The van der Waals surface area contributed by atoms with Crippen LogP contribution in [-0.4, -0.2) is 21.4 Å². The minimum absolute atomic E-state index is 0.717. The van der Waals surface area contributed by atoms with E-state index in [9.17, 15) is 0 Å². The first-order valence-electron chi connectivity index (χ1n) is 2.89. The zero-order chi connectivity index (χ0) is 8.04. The highest BCUT2D eigenvalue weighted by atomic mass is 35.8. The molecule has 2 radical (unpaired) electrons. The largest absolute Gasteiger partial charge is 0.338 e. The first-order valence-corrected chi connectivity index (χ1v) is 10.1. The van der Waals surface area contributed by atoms with Gasteiger partial charge in [0.25, 0.3) is 0 Å². The van der Waals surface area contributed by atoms with Gasteiger partial charge in [0.1, 0.15) is 0 Å². The second-order valence-corrected chi connectivity index (χ2v) is 13.4. The fourth-order valence-corrected chi connectivity index (χ4v) is 5.60. The lowest BCUT2D eigenvalue weighted by Gasteiger charge is -2.04. The van der Waals surface area contributed by atoms with E-state index in [1.807, 2.05) is 0 Å². The van der Waals surface area contributed by atoms with Crippen molar-refractivity contribution in [3.05, 3.63) is 0 Å². The van der Waals surface area contributed by atoms with Gasteiger partial charge in [-0.1, -0.05) is 6.04 Å². The van der Waals surface area contributed by atoms with Crippen LogP contribution in [0.5, 0.6) is 0 Å². The molecule has 0 spiro atoms. The summed E-state index contributed by atoms with van der Waals surface area (Å²) in [5.74, 6) is 0.717. The van der Waals surface area contributed by atoms with Crippen LogP contribution in [0.2, 0.25) is 11.7 Å². The van der Waals surface area contributed by atoms with Gasteiger partial charge in [-0.3, -0.25) is 0 Å². The van der Waals surface area contributed by atoms with Gasteiger partial charge < -0.3 is 0 Å². The summed E-state index contributed by atoms with van der Waals surface area (Å²) >= 11 is 22.4. The maximum Gasteiger partial charge on any atom is 0.338 e. The lowest BCUT2D eigenvalue weighted by Crippen LogP contribution is -2.12. The number of hydrogen-bond acceptors (Lipinski definition) is 0. The maximum atomic E-state index is 5.66. The van der Waals surface area contributed by atoms with E-state index in [1.54, 1.807) is 0 Å². The lowest BCUT2D eigenvalue weighted by molar-refractivity contribution is 1.08. The predicted molar refractivity (Wildman–Crippen MR) is 54.0 cm³/mol. The smallest absolute Gasteiger partial charge is 0.127 e. The molecule has 6 heteroatoms. The SMILES string of the molecule is ClCCC[Si]C[Si](Cl)(Cl)Cl. The Balaban J connectivity index is 3.04. The Morgan fingerprint density at radius 1 is 1.20 bits per heavy atom. The van der Waals surface area contributed by atoms with Crippen molar-refractivity contribution in [3.8, 4) is 0 Å². The van der Waals surface area contributed by atoms with E-state index in [2.05, 4.69) is 0 Å². The Morgan fingerprint density at radius 3 is 2.20 bits per heavy atom. The lowest BCUT2D eigenvalue weighted by atomic mass is 10.6. The van der Waals surface area contributed by atoms with E-state index >= 15 is 0 Å². The molecule has 0 N–H and O–H groups in total. The molecule has 10 heavy (non-hydrogen) atoms. The summed E-state index contributed by atoms with van der Waals surface area (Å²) in [6.45, 7) is 0. The Bertz CT molecular complexity index is 81.8. The molecule has 0 aliphatic heterocycles. The van der Waals surface area contributed by atoms with Crippen LogP contribution in [0.15, 0.2) is 0 Å². The quantitative estimate of drug-likeness (QED) is 0.305. The van der Waals surface area contributed by atoms with Gasteiger partial charge in [0.2, 0.25) is 0 Å². The monoisotopic (exact) mass is 252 g/mol. The van der Waals surface area contributed by atoms with Gasteiger partial charge >= 0.3 is 6.00 Å². The van der Waals surface area contributed by atoms with E-state index in [0.29, 0.717) is 5.88 Å². The molecule has 0 unspecified atom stereocenters. The summed E-state index contributed by atoms with van der Waals surface area (Å²) < 4.78 is 0. The van der Waals surface area contributed by atoms with Crippen LogP contribution in [0.3, 0.4) is 0 Å². The highest BCUT2D eigenvalue weighted by Crippen LogP contribution is 2.24. The molecular formula is C4H8Cl4Si2. The molecule has 0 aromatic carbocycles. The average Bonchev–Trinajstić information content (AvgIpc) is 1.78. The van der Waals surface area contributed by atoms with E-state index in [1.165, 1.54) is 0 Å². The van der Waals surface area contributed by atoms with Crippen LogP contribution in [0.25, 0.3) is 0 Å². The third-order valence-electron chi connectivity index (χ3n) is 0.813. The Hall–Kier alpha value is 1.59. The van der Waals surface area contributed by atoms with Crippen LogP contribution < -0.4 is 0 Å². The first-order chi connectivity index (χ1) is 4.56. The molecule has 0 atom stereocenters.